The monoisotopic (exact) mass is 268 g/mol. The van der Waals surface area contributed by atoms with E-state index in [1.807, 2.05) is 0 Å². The number of carbonyl (C=O) groups is 3. The average Bonchev–Trinajstić information content (AvgIpc) is 2.84. The van der Waals surface area contributed by atoms with Crippen molar-refractivity contribution in [2.24, 2.45) is 5.92 Å². The Morgan fingerprint density at radius 3 is 2.58 bits per heavy atom. The van der Waals surface area contributed by atoms with Crippen LogP contribution in [0.1, 0.15) is 44.9 Å². The van der Waals surface area contributed by atoms with Crippen LogP contribution in [0.4, 0.5) is 4.79 Å². The Morgan fingerprint density at radius 2 is 1.84 bits per heavy atom. The van der Waals surface area contributed by atoms with Crippen molar-refractivity contribution < 1.29 is 19.5 Å². The third-order valence-corrected chi connectivity index (χ3v) is 4.07. The predicted octanol–water partition coefficient (Wildman–Crippen LogP) is 1.35. The first-order valence-corrected chi connectivity index (χ1v) is 6.90. The molecule has 3 amide bonds. The number of carboxylic acids is 1. The van der Waals surface area contributed by atoms with Gasteiger partial charge in [0.05, 0.1) is 6.42 Å². The molecular formula is C13H20N2O4. The molecule has 2 N–H and O–H groups in total. The van der Waals surface area contributed by atoms with Crippen molar-refractivity contribution in [2.45, 2.75) is 51.0 Å². The van der Waals surface area contributed by atoms with Gasteiger partial charge in [-0.1, -0.05) is 6.42 Å². The highest BCUT2D eigenvalue weighted by molar-refractivity contribution is 5.95. The number of rotatable bonds is 3. The van der Waals surface area contributed by atoms with Gasteiger partial charge in [-0.3, -0.25) is 14.9 Å². The van der Waals surface area contributed by atoms with Gasteiger partial charge >= 0.3 is 12.0 Å². The van der Waals surface area contributed by atoms with Crippen LogP contribution in [0.5, 0.6) is 0 Å². The van der Waals surface area contributed by atoms with E-state index in [1.165, 1.54) is 12.8 Å². The van der Waals surface area contributed by atoms with E-state index < -0.39 is 11.9 Å². The van der Waals surface area contributed by atoms with Crippen molar-refractivity contribution in [3.05, 3.63) is 0 Å². The lowest BCUT2D eigenvalue weighted by Crippen LogP contribution is -2.51. The van der Waals surface area contributed by atoms with Crippen LogP contribution in [-0.2, 0) is 9.59 Å². The molecule has 6 heteroatoms. The summed E-state index contributed by atoms with van der Waals surface area (Å²) in [7, 11) is 0. The van der Waals surface area contributed by atoms with Crippen LogP contribution in [0.25, 0.3) is 0 Å². The van der Waals surface area contributed by atoms with E-state index in [0.717, 1.165) is 19.3 Å². The number of aliphatic carboxylic acids is 1. The quantitative estimate of drug-likeness (QED) is 0.809. The topological polar surface area (TPSA) is 86.7 Å². The zero-order valence-corrected chi connectivity index (χ0v) is 10.9. The van der Waals surface area contributed by atoms with Crippen LogP contribution >= 0.6 is 0 Å². The Kier molecular flexibility index (Phi) is 4.39. The summed E-state index contributed by atoms with van der Waals surface area (Å²) in [4.78, 5) is 35.6. The maximum Gasteiger partial charge on any atom is 0.324 e. The number of urea groups is 1. The van der Waals surface area contributed by atoms with Crippen LogP contribution in [0.3, 0.4) is 0 Å². The van der Waals surface area contributed by atoms with Crippen molar-refractivity contribution in [3.63, 3.8) is 0 Å². The molecule has 0 spiro atoms. The minimum Gasteiger partial charge on any atom is -0.481 e. The van der Waals surface area contributed by atoms with E-state index in [9.17, 15) is 14.4 Å². The van der Waals surface area contributed by atoms with E-state index in [-0.39, 0.29) is 24.9 Å². The van der Waals surface area contributed by atoms with E-state index >= 15 is 0 Å². The molecule has 2 atom stereocenters. The molecule has 0 aromatic rings. The molecule has 6 nitrogen and oxygen atoms in total. The Hall–Kier alpha value is -1.59. The molecule has 2 rings (SSSR count). The third kappa shape index (κ3) is 3.45. The molecule has 0 aromatic heterocycles. The van der Waals surface area contributed by atoms with Gasteiger partial charge in [0.15, 0.2) is 0 Å². The first-order valence-electron chi connectivity index (χ1n) is 6.90. The zero-order chi connectivity index (χ0) is 13.8. The van der Waals surface area contributed by atoms with Crippen molar-refractivity contribution in [2.75, 3.05) is 6.54 Å². The Labute approximate surface area is 112 Å². The number of piperidine rings is 1. The summed E-state index contributed by atoms with van der Waals surface area (Å²) in [6.07, 6.45) is 5.09. The lowest BCUT2D eigenvalue weighted by atomic mass is 9.92. The highest BCUT2D eigenvalue weighted by atomic mass is 16.4. The molecule has 106 valence electrons. The summed E-state index contributed by atoms with van der Waals surface area (Å²) in [5.41, 5.74) is 0. The van der Waals surface area contributed by atoms with E-state index in [1.54, 1.807) is 4.90 Å². The summed E-state index contributed by atoms with van der Waals surface area (Å²) >= 11 is 0. The molecule has 1 saturated carbocycles. The largest absolute Gasteiger partial charge is 0.481 e. The molecule has 1 heterocycles. The summed E-state index contributed by atoms with van der Waals surface area (Å²) in [5.74, 6) is -0.961. The van der Waals surface area contributed by atoms with E-state index in [2.05, 4.69) is 5.32 Å². The molecule has 2 unspecified atom stereocenters. The smallest absolute Gasteiger partial charge is 0.324 e. The van der Waals surface area contributed by atoms with Crippen LogP contribution in [0, 0.1) is 5.92 Å². The lowest BCUT2D eigenvalue weighted by molar-refractivity contribution is -0.138. The summed E-state index contributed by atoms with van der Waals surface area (Å²) in [6, 6.07) is -0.0898. The van der Waals surface area contributed by atoms with Gasteiger partial charge in [-0.05, 0) is 31.6 Å². The van der Waals surface area contributed by atoms with Crippen molar-refractivity contribution in [1.29, 1.82) is 0 Å². The fraction of sp³-hybridized carbons (Fsp3) is 0.769. The summed E-state index contributed by atoms with van der Waals surface area (Å²) in [5, 5.41) is 10.8. The van der Waals surface area contributed by atoms with Gasteiger partial charge in [-0.25, -0.2) is 4.79 Å². The Balaban J connectivity index is 1.85. The first kappa shape index (κ1) is 13.8. The highest BCUT2D eigenvalue weighted by Gasteiger charge is 2.37. The molecular weight excluding hydrogens is 248 g/mol. The van der Waals surface area contributed by atoms with Crippen molar-refractivity contribution >= 4 is 17.9 Å². The second-order valence-electron chi connectivity index (χ2n) is 5.34. The van der Waals surface area contributed by atoms with Gasteiger partial charge in [-0.15, -0.1) is 0 Å². The number of nitrogens with one attached hydrogen (secondary N) is 1. The van der Waals surface area contributed by atoms with E-state index in [0.29, 0.717) is 12.5 Å². The zero-order valence-electron chi connectivity index (χ0n) is 10.9. The summed E-state index contributed by atoms with van der Waals surface area (Å²) < 4.78 is 0. The molecule has 0 radical (unpaired) electrons. The predicted molar refractivity (Wildman–Crippen MR) is 67.5 cm³/mol. The van der Waals surface area contributed by atoms with Crippen molar-refractivity contribution in [1.82, 2.24) is 10.2 Å². The number of carbonyl (C=O) groups excluding carboxylic acids is 2. The molecule has 2 fully saturated rings. The molecule has 0 bridgehead atoms. The summed E-state index contributed by atoms with van der Waals surface area (Å²) in [6.45, 7) is 0.694. The van der Waals surface area contributed by atoms with Crippen LogP contribution < -0.4 is 5.32 Å². The molecule has 1 saturated heterocycles. The van der Waals surface area contributed by atoms with Gasteiger partial charge < -0.3 is 10.0 Å². The SMILES string of the molecule is O=C(O)CCC(=O)NC(=O)N1CCCC2CCCC21. The fourth-order valence-electron chi connectivity index (χ4n) is 3.18. The molecule has 2 aliphatic rings. The number of nitrogens with zero attached hydrogens (tertiary/aromatic N) is 1. The highest BCUT2D eigenvalue weighted by Crippen LogP contribution is 2.36. The molecule has 1 aliphatic heterocycles. The maximum atomic E-state index is 12.0. The first-order chi connectivity index (χ1) is 9.08. The maximum absolute atomic E-state index is 12.0. The van der Waals surface area contributed by atoms with E-state index in [4.69, 9.17) is 5.11 Å². The standard InChI is InChI=1S/C13H20N2O4/c16-11(6-7-12(17)18)14-13(19)15-8-2-4-9-3-1-5-10(9)15/h9-10H,1-8H2,(H,17,18)(H,14,16,19). The van der Waals surface area contributed by atoms with Gasteiger partial charge in [0.1, 0.15) is 0 Å². The number of carboxylic acid groups (broad SMARTS) is 1. The van der Waals surface area contributed by atoms with Gasteiger partial charge in [0.25, 0.3) is 0 Å². The lowest BCUT2D eigenvalue weighted by Gasteiger charge is -2.37. The van der Waals surface area contributed by atoms with Crippen molar-refractivity contribution in [3.8, 4) is 0 Å². The van der Waals surface area contributed by atoms with Crippen LogP contribution in [0.15, 0.2) is 0 Å². The normalized spacial score (nSPS) is 25.8. The number of fused-ring (bicyclic) bond motifs is 1. The Bertz CT molecular complexity index is 383. The van der Waals surface area contributed by atoms with Gasteiger partial charge in [0, 0.05) is 19.0 Å². The molecule has 19 heavy (non-hydrogen) atoms. The second-order valence-corrected chi connectivity index (χ2v) is 5.34. The van der Waals surface area contributed by atoms with Gasteiger partial charge in [-0.2, -0.15) is 0 Å². The molecule has 1 aliphatic carbocycles. The minimum atomic E-state index is -1.03. The Morgan fingerprint density at radius 1 is 1.11 bits per heavy atom. The fourth-order valence-corrected chi connectivity index (χ4v) is 3.18. The van der Waals surface area contributed by atoms with Gasteiger partial charge in [0.2, 0.25) is 5.91 Å². The number of imide groups is 1. The number of likely N-dealkylation sites (tertiary alicyclic amines) is 1. The second kappa shape index (κ2) is 6.04. The minimum absolute atomic E-state index is 0.150. The van der Waals surface area contributed by atoms with Crippen LogP contribution in [0.2, 0.25) is 0 Å². The average molecular weight is 268 g/mol. The number of hydrogen-bond donors (Lipinski definition) is 2. The molecule has 0 aromatic carbocycles. The van der Waals surface area contributed by atoms with Crippen LogP contribution in [-0.4, -0.2) is 40.5 Å². The number of hydrogen-bond acceptors (Lipinski definition) is 3. The number of amides is 3. The third-order valence-electron chi connectivity index (χ3n) is 4.07.